The van der Waals surface area contributed by atoms with Crippen molar-refractivity contribution in [2.75, 3.05) is 33.2 Å². The maximum absolute atomic E-state index is 12.0. The van der Waals surface area contributed by atoms with Crippen LogP contribution >= 0.6 is 0 Å². The average molecular weight is 340 g/mol. The van der Waals surface area contributed by atoms with Crippen molar-refractivity contribution in [2.24, 2.45) is 5.92 Å². The van der Waals surface area contributed by atoms with Gasteiger partial charge in [0.15, 0.2) is 0 Å². The van der Waals surface area contributed by atoms with Gasteiger partial charge < -0.3 is 9.47 Å². The summed E-state index contributed by atoms with van der Waals surface area (Å²) in [6.45, 7) is 3.87. The highest BCUT2D eigenvalue weighted by Crippen LogP contribution is 2.34. The number of hydrogen-bond donors (Lipinski definition) is 0. The van der Waals surface area contributed by atoms with Crippen LogP contribution in [-0.2, 0) is 11.3 Å². The molecule has 0 unspecified atom stereocenters. The molecule has 1 aromatic heterocycles. The highest BCUT2D eigenvalue weighted by Gasteiger charge is 2.33. The van der Waals surface area contributed by atoms with E-state index in [4.69, 9.17) is 5.26 Å². The van der Waals surface area contributed by atoms with Crippen molar-refractivity contribution < 1.29 is 4.79 Å². The van der Waals surface area contributed by atoms with E-state index in [0.29, 0.717) is 24.8 Å². The molecule has 1 saturated heterocycles. The van der Waals surface area contributed by atoms with Crippen molar-refractivity contribution in [1.29, 1.82) is 5.26 Å². The van der Waals surface area contributed by atoms with Gasteiger partial charge in [-0.1, -0.05) is 12.1 Å². The molecule has 1 aromatic rings. The molecular formula is C19H24N4O2. The number of likely N-dealkylation sites (tertiary alicyclic amines) is 1. The molecule has 0 aliphatic carbocycles. The third-order valence-electron chi connectivity index (χ3n) is 5.11. The summed E-state index contributed by atoms with van der Waals surface area (Å²) in [5.41, 5.74) is 1.25. The van der Waals surface area contributed by atoms with Crippen molar-refractivity contribution in [2.45, 2.75) is 25.3 Å². The molecule has 3 rings (SSSR count). The molecule has 6 nitrogen and oxygen atoms in total. The SMILES string of the molecule is CN(CCC#N)C(=O)C=CCN1C[C@@H]2C[C@H](C1)c1cccc(=O)n1C2. The Labute approximate surface area is 148 Å². The van der Waals surface area contributed by atoms with E-state index >= 15 is 0 Å². The molecule has 0 N–H and O–H groups in total. The van der Waals surface area contributed by atoms with Crippen LogP contribution in [0.25, 0.3) is 0 Å². The molecule has 0 radical (unpaired) electrons. The summed E-state index contributed by atoms with van der Waals surface area (Å²) in [5, 5.41) is 8.57. The molecule has 6 heteroatoms. The van der Waals surface area contributed by atoms with Crippen molar-refractivity contribution in [3.63, 3.8) is 0 Å². The molecule has 132 valence electrons. The Kier molecular flexibility index (Phi) is 5.34. The lowest BCUT2D eigenvalue weighted by molar-refractivity contribution is -0.124. The number of carbonyl (C=O) groups is 1. The topological polar surface area (TPSA) is 69.3 Å². The second-order valence-corrected chi connectivity index (χ2v) is 6.99. The fourth-order valence-electron chi connectivity index (χ4n) is 3.90. The molecule has 0 spiro atoms. The summed E-state index contributed by atoms with van der Waals surface area (Å²) in [7, 11) is 1.71. The number of aromatic nitrogens is 1. The summed E-state index contributed by atoms with van der Waals surface area (Å²) < 4.78 is 1.93. The van der Waals surface area contributed by atoms with Gasteiger partial charge in [0.2, 0.25) is 5.91 Å². The summed E-state index contributed by atoms with van der Waals surface area (Å²) >= 11 is 0. The standard InChI is InChI=1S/C19H24N4O2/c1-21(9-4-8-20)18(24)7-3-10-22-12-15-11-16(14-22)17-5-2-6-19(25)23(17)13-15/h2-3,5-7,15-16H,4,9-14H2,1H3/t15-,16+/m0/s1. The number of hydrogen-bond acceptors (Lipinski definition) is 4. The van der Waals surface area contributed by atoms with Crippen LogP contribution < -0.4 is 5.56 Å². The van der Waals surface area contributed by atoms with Crippen LogP contribution in [0, 0.1) is 17.2 Å². The van der Waals surface area contributed by atoms with E-state index in [1.54, 1.807) is 24.1 Å². The average Bonchev–Trinajstić information content (AvgIpc) is 2.60. The van der Waals surface area contributed by atoms with E-state index < -0.39 is 0 Å². The Morgan fingerprint density at radius 2 is 2.24 bits per heavy atom. The summed E-state index contributed by atoms with van der Waals surface area (Å²) in [6, 6.07) is 7.60. The van der Waals surface area contributed by atoms with E-state index in [9.17, 15) is 9.59 Å². The molecule has 3 heterocycles. The molecule has 0 saturated carbocycles. The fourth-order valence-corrected chi connectivity index (χ4v) is 3.90. The van der Waals surface area contributed by atoms with Gasteiger partial charge >= 0.3 is 0 Å². The number of nitrogens with zero attached hydrogens (tertiary/aromatic N) is 4. The smallest absolute Gasteiger partial charge is 0.250 e. The van der Waals surface area contributed by atoms with E-state index in [1.807, 2.05) is 22.8 Å². The zero-order chi connectivity index (χ0) is 17.8. The molecule has 2 aliphatic heterocycles. The van der Waals surface area contributed by atoms with E-state index in [-0.39, 0.29) is 11.5 Å². The van der Waals surface area contributed by atoms with Crippen molar-refractivity contribution in [3.8, 4) is 6.07 Å². The second kappa shape index (κ2) is 7.66. The number of rotatable bonds is 5. The zero-order valence-electron chi connectivity index (χ0n) is 14.6. The van der Waals surface area contributed by atoms with Gasteiger partial charge in [-0.25, -0.2) is 0 Å². The largest absolute Gasteiger partial charge is 0.341 e. The van der Waals surface area contributed by atoms with Crippen molar-refractivity contribution >= 4 is 5.91 Å². The highest BCUT2D eigenvalue weighted by molar-refractivity contribution is 5.87. The van der Waals surface area contributed by atoms with Crippen molar-refractivity contribution in [1.82, 2.24) is 14.4 Å². The normalized spacial score (nSPS) is 22.4. The molecule has 2 aliphatic rings. The second-order valence-electron chi connectivity index (χ2n) is 6.99. The van der Waals surface area contributed by atoms with Crippen LogP contribution in [-0.4, -0.2) is 53.5 Å². The van der Waals surface area contributed by atoms with Gasteiger partial charge in [-0.15, -0.1) is 0 Å². The monoisotopic (exact) mass is 340 g/mol. The lowest BCUT2D eigenvalue weighted by Gasteiger charge is -2.42. The van der Waals surface area contributed by atoms with Crippen LogP contribution in [0.4, 0.5) is 0 Å². The Hall–Kier alpha value is -2.39. The number of likely N-dealkylation sites (N-methyl/N-ethyl adjacent to an activating group) is 1. The molecule has 2 atom stereocenters. The summed E-state index contributed by atoms with van der Waals surface area (Å²) in [4.78, 5) is 27.9. The van der Waals surface area contributed by atoms with E-state index in [1.165, 1.54) is 0 Å². The third kappa shape index (κ3) is 3.99. The third-order valence-corrected chi connectivity index (χ3v) is 5.11. The van der Waals surface area contributed by atoms with Gasteiger partial charge in [0.25, 0.3) is 5.56 Å². The maximum atomic E-state index is 12.0. The number of amides is 1. The minimum Gasteiger partial charge on any atom is -0.341 e. The Morgan fingerprint density at radius 1 is 1.40 bits per heavy atom. The first-order valence-electron chi connectivity index (χ1n) is 8.79. The molecular weight excluding hydrogens is 316 g/mol. The Bertz CT molecular complexity index is 761. The van der Waals surface area contributed by atoms with Crippen LogP contribution in [0.3, 0.4) is 0 Å². The quantitative estimate of drug-likeness (QED) is 0.755. The zero-order valence-corrected chi connectivity index (χ0v) is 14.6. The molecule has 25 heavy (non-hydrogen) atoms. The number of carbonyl (C=O) groups excluding carboxylic acids is 1. The van der Waals surface area contributed by atoms with Crippen LogP contribution in [0.2, 0.25) is 0 Å². The summed E-state index contributed by atoms with van der Waals surface area (Å²) in [6.07, 6.45) is 4.99. The van der Waals surface area contributed by atoms with Gasteiger partial charge in [0.1, 0.15) is 0 Å². The van der Waals surface area contributed by atoms with Gasteiger partial charge in [-0.05, 0) is 18.4 Å². The fraction of sp³-hybridized carbons (Fsp3) is 0.526. The predicted octanol–water partition coefficient (Wildman–Crippen LogP) is 1.20. The Balaban J connectivity index is 1.58. The minimum atomic E-state index is -0.0654. The van der Waals surface area contributed by atoms with Gasteiger partial charge in [-0.3, -0.25) is 14.5 Å². The van der Waals surface area contributed by atoms with Crippen LogP contribution in [0.15, 0.2) is 35.1 Å². The first kappa shape index (κ1) is 17.4. The lowest BCUT2D eigenvalue weighted by atomic mass is 9.83. The minimum absolute atomic E-state index is 0.0654. The molecule has 2 bridgehead atoms. The van der Waals surface area contributed by atoms with Gasteiger partial charge in [0, 0.05) is 63.5 Å². The summed E-state index contributed by atoms with van der Waals surface area (Å²) in [5.74, 6) is 0.821. The van der Waals surface area contributed by atoms with E-state index in [0.717, 1.165) is 38.3 Å². The number of pyridine rings is 1. The molecule has 1 fully saturated rings. The lowest BCUT2D eigenvalue weighted by Crippen LogP contribution is -2.47. The first-order chi connectivity index (χ1) is 12.1. The number of fused-ring (bicyclic) bond motifs is 4. The molecule has 0 aromatic carbocycles. The number of piperidine rings is 1. The van der Waals surface area contributed by atoms with Crippen molar-refractivity contribution in [3.05, 3.63) is 46.4 Å². The van der Waals surface area contributed by atoms with Gasteiger partial charge in [-0.2, -0.15) is 5.26 Å². The maximum Gasteiger partial charge on any atom is 0.250 e. The van der Waals surface area contributed by atoms with Gasteiger partial charge in [0.05, 0.1) is 12.5 Å². The highest BCUT2D eigenvalue weighted by atomic mass is 16.2. The first-order valence-corrected chi connectivity index (χ1v) is 8.79. The van der Waals surface area contributed by atoms with Crippen LogP contribution in [0.5, 0.6) is 0 Å². The van der Waals surface area contributed by atoms with Crippen LogP contribution in [0.1, 0.15) is 24.5 Å². The van der Waals surface area contributed by atoms with E-state index in [2.05, 4.69) is 11.0 Å². The Morgan fingerprint density at radius 3 is 3.04 bits per heavy atom. The number of nitriles is 1. The molecule has 1 amide bonds. The predicted molar refractivity (Wildman–Crippen MR) is 95.0 cm³/mol.